The standard InChI is InChI=1S/C28H30N4O4/c1-26(2)7-5-18(6-8-26)22-11-19(20-12-27(16-33)9-10-28(13-20,17-34)36-27)3-4-23(22)32-25(35)24-30-15-21(14-29)31-24/h3-5,9-12,15,33-34H,6-8,13,16-17H2,1-2H3,(H,30,31)(H,32,35)/i16D2,17D2. The van der Waals surface area contributed by atoms with Crippen molar-refractivity contribution in [1.82, 2.24) is 9.97 Å². The van der Waals surface area contributed by atoms with E-state index in [1.807, 2.05) is 12.1 Å². The average molecular weight is 491 g/mol. The summed E-state index contributed by atoms with van der Waals surface area (Å²) >= 11 is 0. The molecule has 2 aromatic rings. The van der Waals surface area contributed by atoms with Crippen molar-refractivity contribution in [3.63, 3.8) is 0 Å². The SMILES string of the molecule is [2H]C([2H])(O)C12C=CC(C([2H])([2H])O)(CC(c3ccc(NC(=O)c4ncc(C#N)[nH]4)c(C4=CCC(C)(C)CC4)c3)=C1)O2. The van der Waals surface area contributed by atoms with Crippen LogP contribution in [0, 0.1) is 16.7 Å². The second kappa shape index (κ2) is 8.86. The molecule has 8 nitrogen and oxygen atoms in total. The molecule has 0 saturated heterocycles. The van der Waals surface area contributed by atoms with Crippen molar-refractivity contribution in [2.75, 3.05) is 18.4 Å². The van der Waals surface area contributed by atoms with Crippen LogP contribution < -0.4 is 5.32 Å². The lowest BCUT2D eigenvalue weighted by atomic mass is 9.76. The first-order valence-corrected chi connectivity index (χ1v) is 11.7. The molecule has 0 saturated carbocycles. The molecule has 0 fully saturated rings. The van der Waals surface area contributed by atoms with Crippen LogP contribution in [0.5, 0.6) is 0 Å². The van der Waals surface area contributed by atoms with Crippen molar-refractivity contribution in [1.29, 1.82) is 5.26 Å². The Morgan fingerprint density at radius 3 is 2.81 bits per heavy atom. The van der Waals surface area contributed by atoms with Crippen molar-refractivity contribution >= 4 is 22.7 Å². The minimum Gasteiger partial charge on any atom is -0.393 e. The van der Waals surface area contributed by atoms with Gasteiger partial charge >= 0.3 is 0 Å². The van der Waals surface area contributed by atoms with Crippen LogP contribution in [0.3, 0.4) is 0 Å². The van der Waals surface area contributed by atoms with Gasteiger partial charge in [-0.15, -0.1) is 0 Å². The summed E-state index contributed by atoms with van der Waals surface area (Å²) in [6, 6.07) is 7.14. The van der Waals surface area contributed by atoms with Crippen molar-refractivity contribution in [2.45, 2.75) is 50.7 Å². The van der Waals surface area contributed by atoms with Crippen molar-refractivity contribution in [3.05, 3.63) is 71.3 Å². The van der Waals surface area contributed by atoms with Gasteiger partial charge in [0, 0.05) is 17.7 Å². The van der Waals surface area contributed by atoms with Crippen molar-refractivity contribution in [3.8, 4) is 6.07 Å². The van der Waals surface area contributed by atoms with Gasteiger partial charge in [0.25, 0.3) is 5.91 Å². The Labute approximate surface area is 215 Å². The minimum absolute atomic E-state index is 0.0145. The lowest BCUT2D eigenvalue weighted by molar-refractivity contribution is -0.109. The maximum Gasteiger partial charge on any atom is 0.291 e. The van der Waals surface area contributed by atoms with Crippen LogP contribution in [0.1, 0.15) is 72.5 Å². The Balaban J connectivity index is 1.58. The number of imidazole rings is 1. The number of benzene rings is 1. The van der Waals surface area contributed by atoms with Crippen LogP contribution in [0.2, 0.25) is 0 Å². The molecule has 2 bridgehead atoms. The molecule has 0 radical (unpaired) electrons. The first-order valence-electron chi connectivity index (χ1n) is 13.7. The Hall–Kier alpha value is -3.51. The summed E-state index contributed by atoms with van der Waals surface area (Å²) in [6.45, 7) is -1.40. The van der Waals surface area contributed by atoms with E-state index in [0.29, 0.717) is 16.8 Å². The number of hydrogen-bond donors (Lipinski definition) is 4. The molecule has 3 heterocycles. The summed E-state index contributed by atoms with van der Waals surface area (Å²) in [5.41, 5.74) is -0.346. The first-order chi connectivity index (χ1) is 18.6. The number of allylic oxidation sites excluding steroid dienone is 2. The maximum atomic E-state index is 13.0. The van der Waals surface area contributed by atoms with Crippen LogP contribution in [0.15, 0.2) is 48.7 Å². The van der Waals surface area contributed by atoms with E-state index >= 15 is 0 Å². The number of carbonyl (C=O) groups excluding carboxylic acids is 1. The minimum atomic E-state index is -2.90. The van der Waals surface area contributed by atoms with Crippen molar-refractivity contribution < 1.29 is 25.2 Å². The Kier molecular flexibility index (Phi) is 4.84. The van der Waals surface area contributed by atoms with Gasteiger partial charge in [0.1, 0.15) is 23.0 Å². The predicted octanol–water partition coefficient (Wildman–Crippen LogP) is 3.96. The van der Waals surface area contributed by atoms with Crippen molar-refractivity contribution in [2.24, 2.45) is 5.41 Å². The van der Waals surface area contributed by atoms with Gasteiger partial charge in [0.15, 0.2) is 5.82 Å². The Bertz CT molecular complexity index is 1510. The highest BCUT2D eigenvalue weighted by atomic mass is 16.5. The lowest BCUT2D eigenvalue weighted by Gasteiger charge is -2.38. The second-order valence-electron chi connectivity index (χ2n) is 10.3. The summed E-state index contributed by atoms with van der Waals surface area (Å²) in [5, 5.41) is 32.7. The third-order valence-corrected chi connectivity index (χ3v) is 7.02. The molecule has 186 valence electrons. The summed E-state index contributed by atoms with van der Waals surface area (Å²) in [6.07, 6.45) is 9.70. The van der Waals surface area contributed by atoms with Crippen LogP contribution in [-0.4, -0.2) is 50.4 Å². The number of carbonyl (C=O) groups is 1. The highest BCUT2D eigenvalue weighted by Crippen LogP contribution is 2.46. The third-order valence-electron chi connectivity index (χ3n) is 7.02. The molecule has 2 atom stereocenters. The van der Waals surface area contributed by atoms with E-state index in [4.69, 9.17) is 15.5 Å². The van der Waals surface area contributed by atoms with Gasteiger partial charge in [-0.05, 0) is 65.7 Å². The Morgan fingerprint density at radius 1 is 1.31 bits per heavy atom. The largest absolute Gasteiger partial charge is 0.393 e. The zero-order chi connectivity index (χ0) is 29.1. The number of fused-ring (bicyclic) bond motifs is 2. The first kappa shape index (κ1) is 19.7. The number of ether oxygens (including phenoxy) is 1. The van der Waals surface area contributed by atoms with E-state index < -0.39 is 30.2 Å². The molecule has 1 aliphatic carbocycles. The summed E-state index contributed by atoms with van der Waals surface area (Å²) in [4.78, 5) is 19.6. The van der Waals surface area contributed by atoms with E-state index in [9.17, 15) is 15.0 Å². The fourth-order valence-corrected chi connectivity index (χ4v) is 4.89. The van der Waals surface area contributed by atoms with Gasteiger partial charge in [0.05, 0.1) is 24.8 Å². The summed E-state index contributed by atoms with van der Waals surface area (Å²) < 4.78 is 37.8. The molecule has 1 amide bonds. The van der Waals surface area contributed by atoms with E-state index in [2.05, 4.69) is 35.2 Å². The topological polar surface area (TPSA) is 131 Å². The molecular formula is C28H30N4O4. The number of aromatic amines is 1. The molecule has 2 unspecified atom stereocenters. The van der Waals surface area contributed by atoms with Crippen LogP contribution in [0.25, 0.3) is 11.1 Å². The molecule has 8 heteroatoms. The number of nitriles is 1. The maximum absolute atomic E-state index is 13.0. The zero-order valence-electron chi connectivity index (χ0n) is 24.1. The number of aromatic nitrogens is 2. The van der Waals surface area contributed by atoms with E-state index in [-0.39, 0.29) is 23.4 Å². The van der Waals surface area contributed by atoms with Gasteiger partial charge in [0.2, 0.25) is 0 Å². The van der Waals surface area contributed by atoms with Gasteiger partial charge in [-0.2, -0.15) is 5.26 Å². The quantitative estimate of drug-likeness (QED) is 0.453. The summed E-state index contributed by atoms with van der Waals surface area (Å²) in [7, 11) is 0. The molecule has 1 aromatic carbocycles. The smallest absolute Gasteiger partial charge is 0.291 e. The number of anilines is 1. The number of amides is 1. The number of hydrogen-bond acceptors (Lipinski definition) is 6. The van der Waals surface area contributed by atoms with E-state index in [1.54, 1.807) is 12.1 Å². The molecule has 4 N–H and O–H groups in total. The van der Waals surface area contributed by atoms with Gasteiger partial charge in [-0.1, -0.05) is 32.1 Å². The fraction of sp³-hybridized carbons (Fsp3) is 0.393. The zero-order valence-corrected chi connectivity index (χ0v) is 20.1. The number of H-pyrrole nitrogens is 1. The van der Waals surface area contributed by atoms with Crippen LogP contribution in [-0.2, 0) is 4.74 Å². The highest BCUT2D eigenvalue weighted by molar-refractivity contribution is 6.03. The molecule has 5 rings (SSSR count). The van der Waals surface area contributed by atoms with E-state index in [1.165, 1.54) is 24.4 Å². The lowest BCUT2D eigenvalue weighted by Crippen LogP contribution is -2.44. The number of aliphatic hydroxyl groups is 2. The van der Waals surface area contributed by atoms with Gasteiger partial charge < -0.3 is 25.3 Å². The van der Waals surface area contributed by atoms with Gasteiger partial charge in [-0.25, -0.2) is 4.98 Å². The second-order valence-corrected chi connectivity index (χ2v) is 10.3. The average Bonchev–Trinajstić information content (AvgIpc) is 3.47. The van der Waals surface area contributed by atoms with Crippen LogP contribution >= 0.6 is 0 Å². The molecule has 2 aliphatic heterocycles. The number of nitrogens with zero attached hydrogens (tertiary/aromatic N) is 2. The fourth-order valence-electron chi connectivity index (χ4n) is 4.89. The van der Waals surface area contributed by atoms with Gasteiger partial charge in [-0.3, -0.25) is 4.79 Å². The highest BCUT2D eigenvalue weighted by Gasteiger charge is 2.47. The Morgan fingerprint density at radius 2 is 2.14 bits per heavy atom. The monoisotopic (exact) mass is 490 g/mol. The molecule has 3 aliphatic rings. The number of nitrogens with one attached hydrogen (secondary N) is 2. The molecule has 0 spiro atoms. The van der Waals surface area contributed by atoms with E-state index in [0.717, 1.165) is 30.4 Å². The molecule has 1 aromatic heterocycles. The normalized spacial score (nSPS) is 28.6. The molecular weight excluding hydrogens is 456 g/mol. The van der Waals surface area contributed by atoms with Crippen LogP contribution in [0.4, 0.5) is 5.69 Å². The molecule has 36 heavy (non-hydrogen) atoms. The summed E-state index contributed by atoms with van der Waals surface area (Å²) in [5.74, 6) is -0.543. The number of rotatable bonds is 6. The predicted molar refractivity (Wildman–Crippen MR) is 136 cm³/mol. The third kappa shape index (κ3) is 4.42.